The van der Waals surface area contributed by atoms with E-state index in [4.69, 9.17) is 10.5 Å². The molecule has 0 heterocycles. The first-order chi connectivity index (χ1) is 5.38. The van der Waals surface area contributed by atoms with E-state index in [-0.39, 0.29) is 6.10 Å². The smallest absolute Gasteiger partial charge is 0.0943 e. The van der Waals surface area contributed by atoms with Gasteiger partial charge in [0.05, 0.1) is 6.10 Å². The fourth-order valence-electron chi connectivity index (χ4n) is 1.04. The van der Waals surface area contributed by atoms with Crippen molar-refractivity contribution in [1.82, 2.24) is 0 Å². The fraction of sp³-hybridized carbons (Fsp3) is 0.333. The Labute approximate surface area is 67.0 Å². The van der Waals surface area contributed by atoms with Crippen molar-refractivity contribution >= 4 is 0 Å². The number of hydrogen-bond acceptors (Lipinski definition) is 2. The van der Waals surface area contributed by atoms with Gasteiger partial charge < -0.3 is 10.5 Å². The number of rotatable bonds is 3. The lowest BCUT2D eigenvalue weighted by molar-refractivity contribution is 0.110. The van der Waals surface area contributed by atoms with Crippen molar-refractivity contribution in [2.24, 2.45) is 5.73 Å². The third-order valence-electron chi connectivity index (χ3n) is 1.67. The Morgan fingerprint density at radius 1 is 1.36 bits per heavy atom. The van der Waals surface area contributed by atoms with E-state index < -0.39 is 0 Å². The van der Waals surface area contributed by atoms with E-state index in [1.807, 2.05) is 30.3 Å². The average Bonchev–Trinajstić information content (AvgIpc) is 2.09. The molecule has 0 aliphatic heterocycles. The summed E-state index contributed by atoms with van der Waals surface area (Å²) in [5.74, 6) is 0. The molecule has 0 fully saturated rings. The molecule has 0 amide bonds. The van der Waals surface area contributed by atoms with Gasteiger partial charge in [-0.3, -0.25) is 0 Å². The van der Waals surface area contributed by atoms with Crippen LogP contribution in [0.2, 0.25) is 0 Å². The van der Waals surface area contributed by atoms with Gasteiger partial charge in [-0.1, -0.05) is 30.3 Å². The van der Waals surface area contributed by atoms with Gasteiger partial charge in [0, 0.05) is 13.7 Å². The molecule has 60 valence electrons. The quantitative estimate of drug-likeness (QED) is 0.707. The van der Waals surface area contributed by atoms with Crippen LogP contribution in [0.3, 0.4) is 0 Å². The molecule has 11 heavy (non-hydrogen) atoms. The molecule has 0 spiro atoms. The highest BCUT2D eigenvalue weighted by Gasteiger charge is 2.05. The molecule has 1 atom stereocenters. The fourth-order valence-corrected chi connectivity index (χ4v) is 1.04. The molecule has 0 aliphatic carbocycles. The Morgan fingerprint density at radius 3 is 2.45 bits per heavy atom. The van der Waals surface area contributed by atoms with E-state index >= 15 is 0 Å². The summed E-state index contributed by atoms with van der Waals surface area (Å²) < 4.78 is 5.16. The topological polar surface area (TPSA) is 35.2 Å². The van der Waals surface area contributed by atoms with Crippen LogP contribution >= 0.6 is 0 Å². The zero-order valence-electron chi connectivity index (χ0n) is 6.66. The Bertz CT molecular complexity index is 194. The van der Waals surface area contributed by atoms with Crippen molar-refractivity contribution in [3.8, 4) is 0 Å². The van der Waals surface area contributed by atoms with Crippen molar-refractivity contribution in [2.75, 3.05) is 13.7 Å². The molecule has 0 saturated carbocycles. The number of methoxy groups -OCH3 is 1. The molecule has 1 aromatic carbocycles. The first kappa shape index (κ1) is 8.24. The number of ether oxygens (including phenoxy) is 1. The van der Waals surface area contributed by atoms with Crippen LogP contribution in [0.15, 0.2) is 30.3 Å². The van der Waals surface area contributed by atoms with E-state index in [2.05, 4.69) is 0 Å². The van der Waals surface area contributed by atoms with Crippen LogP contribution in [-0.2, 0) is 4.74 Å². The Balaban J connectivity index is 2.74. The predicted octanol–water partition coefficient (Wildman–Crippen LogP) is 1.33. The second-order valence-corrected chi connectivity index (χ2v) is 2.37. The van der Waals surface area contributed by atoms with E-state index in [0.717, 1.165) is 5.56 Å². The minimum absolute atomic E-state index is 0.0381. The molecule has 0 bridgehead atoms. The van der Waals surface area contributed by atoms with Crippen LogP contribution in [0, 0.1) is 0 Å². The van der Waals surface area contributed by atoms with E-state index in [1.54, 1.807) is 7.11 Å². The highest BCUT2D eigenvalue weighted by molar-refractivity contribution is 5.17. The van der Waals surface area contributed by atoms with Crippen LogP contribution in [0.5, 0.6) is 0 Å². The van der Waals surface area contributed by atoms with Crippen molar-refractivity contribution in [2.45, 2.75) is 6.10 Å². The summed E-state index contributed by atoms with van der Waals surface area (Å²) in [7, 11) is 1.67. The highest BCUT2D eigenvalue weighted by atomic mass is 16.5. The van der Waals surface area contributed by atoms with Crippen LogP contribution in [-0.4, -0.2) is 13.7 Å². The monoisotopic (exact) mass is 151 g/mol. The maximum Gasteiger partial charge on any atom is 0.0943 e. The molecule has 0 aliphatic rings. The summed E-state index contributed by atoms with van der Waals surface area (Å²) >= 11 is 0. The summed E-state index contributed by atoms with van der Waals surface area (Å²) in [6, 6.07) is 9.98. The zero-order valence-corrected chi connectivity index (χ0v) is 6.66. The van der Waals surface area contributed by atoms with Crippen LogP contribution < -0.4 is 5.73 Å². The lowest BCUT2D eigenvalue weighted by Crippen LogP contribution is -2.13. The molecule has 2 heteroatoms. The van der Waals surface area contributed by atoms with Crippen LogP contribution in [0.25, 0.3) is 0 Å². The van der Waals surface area contributed by atoms with Crippen molar-refractivity contribution in [3.63, 3.8) is 0 Å². The highest BCUT2D eigenvalue weighted by Crippen LogP contribution is 2.13. The first-order valence-electron chi connectivity index (χ1n) is 3.66. The molecule has 1 aromatic rings. The minimum atomic E-state index is 0.0381. The Kier molecular flexibility index (Phi) is 3.08. The summed E-state index contributed by atoms with van der Waals surface area (Å²) in [4.78, 5) is 0. The van der Waals surface area contributed by atoms with E-state index in [9.17, 15) is 0 Å². The summed E-state index contributed by atoms with van der Waals surface area (Å²) in [6.45, 7) is 0.528. The van der Waals surface area contributed by atoms with Gasteiger partial charge in [-0.05, 0) is 5.56 Å². The third kappa shape index (κ3) is 2.03. The summed E-state index contributed by atoms with van der Waals surface area (Å²) in [5.41, 5.74) is 6.63. The van der Waals surface area contributed by atoms with Gasteiger partial charge in [0.2, 0.25) is 0 Å². The van der Waals surface area contributed by atoms with Gasteiger partial charge in [-0.15, -0.1) is 0 Å². The molecule has 2 N–H and O–H groups in total. The second-order valence-electron chi connectivity index (χ2n) is 2.37. The summed E-state index contributed by atoms with van der Waals surface area (Å²) in [5, 5.41) is 0. The molecule has 0 radical (unpaired) electrons. The zero-order chi connectivity index (χ0) is 8.10. The predicted molar refractivity (Wildman–Crippen MR) is 45.2 cm³/mol. The van der Waals surface area contributed by atoms with Gasteiger partial charge >= 0.3 is 0 Å². The molecule has 0 saturated heterocycles. The van der Waals surface area contributed by atoms with E-state index in [0.29, 0.717) is 6.54 Å². The van der Waals surface area contributed by atoms with Crippen molar-refractivity contribution in [1.29, 1.82) is 0 Å². The number of nitrogens with two attached hydrogens (primary N) is 1. The minimum Gasteiger partial charge on any atom is -0.375 e. The van der Waals surface area contributed by atoms with Crippen molar-refractivity contribution in [3.05, 3.63) is 35.9 Å². The SMILES string of the molecule is CO[C@@H](CN)c1ccccc1. The van der Waals surface area contributed by atoms with Crippen LogP contribution in [0.1, 0.15) is 11.7 Å². The summed E-state index contributed by atoms with van der Waals surface area (Å²) in [6.07, 6.45) is 0.0381. The van der Waals surface area contributed by atoms with Crippen molar-refractivity contribution < 1.29 is 4.74 Å². The molecule has 2 nitrogen and oxygen atoms in total. The first-order valence-corrected chi connectivity index (χ1v) is 3.66. The number of hydrogen-bond donors (Lipinski definition) is 1. The van der Waals surface area contributed by atoms with Gasteiger partial charge in [-0.25, -0.2) is 0 Å². The molecule has 0 unspecified atom stereocenters. The largest absolute Gasteiger partial charge is 0.375 e. The van der Waals surface area contributed by atoms with Gasteiger partial charge in [0.25, 0.3) is 0 Å². The maximum absolute atomic E-state index is 5.49. The van der Waals surface area contributed by atoms with Gasteiger partial charge in [-0.2, -0.15) is 0 Å². The Morgan fingerprint density at radius 2 is 2.00 bits per heavy atom. The molecule has 1 rings (SSSR count). The molecular weight excluding hydrogens is 138 g/mol. The lowest BCUT2D eigenvalue weighted by Gasteiger charge is -2.12. The lowest BCUT2D eigenvalue weighted by atomic mass is 10.1. The maximum atomic E-state index is 5.49. The average molecular weight is 151 g/mol. The molecule has 0 aromatic heterocycles. The third-order valence-corrected chi connectivity index (χ3v) is 1.67. The molecular formula is C9H13NO. The van der Waals surface area contributed by atoms with E-state index in [1.165, 1.54) is 0 Å². The van der Waals surface area contributed by atoms with Gasteiger partial charge in [0.15, 0.2) is 0 Å². The Hall–Kier alpha value is -0.860. The van der Waals surface area contributed by atoms with Gasteiger partial charge in [0.1, 0.15) is 0 Å². The second kappa shape index (κ2) is 4.11. The normalized spacial score (nSPS) is 12.9. The van der Waals surface area contributed by atoms with Crippen LogP contribution in [0.4, 0.5) is 0 Å². The number of benzene rings is 1. The standard InChI is InChI=1S/C9H13NO/c1-11-9(7-10)8-5-3-2-4-6-8/h2-6,9H,7,10H2,1H3/t9-/m0/s1.